The lowest BCUT2D eigenvalue weighted by molar-refractivity contribution is -0.138. The second kappa shape index (κ2) is 6.89. The van der Waals surface area contributed by atoms with Crippen molar-refractivity contribution in [1.82, 2.24) is 5.32 Å². The fourth-order valence-electron chi connectivity index (χ4n) is 1.50. The Bertz CT molecular complexity index is 146. The number of nitrogens with one attached hydrogen (secondary N) is 1. The highest BCUT2D eigenvalue weighted by molar-refractivity contribution is 5.67. The fraction of sp³-hybridized carbons (Fsp3) is 0.900. The van der Waals surface area contributed by atoms with Gasteiger partial charge < -0.3 is 10.4 Å². The van der Waals surface area contributed by atoms with E-state index in [9.17, 15) is 4.79 Å². The molecule has 0 aliphatic carbocycles. The predicted molar refractivity (Wildman–Crippen MR) is 53.7 cm³/mol. The molecule has 78 valence electrons. The Labute approximate surface area is 80.5 Å². The van der Waals surface area contributed by atoms with Crippen LogP contribution in [0.5, 0.6) is 0 Å². The first kappa shape index (κ1) is 12.4. The van der Waals surface area contributed by atoms with Crippen molar-refractivity contribution in [2.75, 3.05) is 13.1 Å². The number of carboxylic acids is 1. The summed E-state index contributed by atoms with van der Waals surface area (Å²) in [5, 5.41) is 11.9. The van der Waals surface area contributed by atoms with Crippen LogP contribution in [0, 0.1) is 11.8 Å². The van der Waals surface area contributed by atoms with Gasteiger partial charge in [-0.2, -0.15) is 0 Å². The number of aliphatic carboxylic acids is 1. The molecular formula is C10H21NO2. The van der Waals surface area contributed by atoms with E-state index in [2.05, 4.69) is 19.2 Å². The molecule has 0 fully saturated rings. The fourth-order valence-corrected chi connectivity index (χ4v) is 1.50. The van der Waals surface area contributed by atoms with Gasteiger partial charge in [0.2, 0.25) is 0 Å². The molecule has 0 unspecified atom stereocenters. The summed E-state index contributed by atoms with van der Waals surface area (Å²) in [4.78, 5) is 10.5. The molecule has 3 nitrogen and oxygen atoms in total. The molecule has 1 atom stereocenters. The zero-order valence-corrected chi connectivity index (χ0v) is 8.84. The topological polar surface area (TPSA) is 49.3 Å². The van der Waals surface area contributed by atoms with Crippen molar-refractivity contribution in [2.24, 2.45) is 11.8 Å². The molecule has 2 N–H and O–H groups in total. The maximum Gasteiger partial charge on any atom is 0.303 e. The summed E-state index contributed by atoms with van der Waals surface area (Å²) < 4.78 is 0. The Morgan fingerprint density at radius 1 is 1.46 bits per heavy atom. The lowest BCUT2D eigenvalue weighted by atomic mass is 9.94. The van der Waals surface area contributed by atoms with Gasteiger partial charge in [-0.15, -0.1) is 0 Å². The number of hydrogen-bond donors (Lipinski definition) is 2. The molecule has 0 spiro atoms. The second-order valence-electron chi connectivity index (χ2n) is 3.90. The molecule has 0 aliphatic heterocycles. The average Bonchev–Trinajstić information content (AvgIpc) is 1.98. The van der Waals surface area contributed by atoms with E-state index < -0.39 is 5.97 Å². The van der Waals surface area contributed by atoms with Crippen molar-refractivity contribution < 1.29 is 9.90 Å². The zero-order chi connectivity index (χ0) is 10.3. The lowest BCUT2D eigenvalue weighted by Crippen LogP contribution is -2.25. The highest BCUT2D eigenvalue weighted by Crippen LogP contribution is 2.14. The molecule has 0 amide bonds. The summed E-state index contributed by atoms with van der Waals surface area (Å²) in [5.41, 5.74) is 0. The van der Waals surface area contributed by atoms with Gasteiger partial charge in [-0.25, -0.2) is 0 Å². The Kier molecular flexibility index (Phi) is 6.59. The van der Waals surface area contributed by atoms with Crippen LogP contribution in [-0.4, -0.2) is 24.2 Å². The molecular weight excluding hydrogens is 166 g/mol. The summed E-state index contributed by atoms with van der Waals surface area (Å²) in [5.74, 6) is 0.156. The predicted octanol–water partition coefficient (Wildman–Crippen LogP) is 1.73. The lowest BCUT2D eigenvalue weighted by Gasteiger charge is -2.16. The molecule has 0 saturated heterocycles. The van der Waals surface area contributed by atoms with Crippen LogP contribution in [0.15, 0.2) is 0 Å². The van der Waals surface area contributed by atoms with E-state index >= 15 is 0 Å². The summed E-state index contributed by atoms with van der Waals surface area (Å²) in [6.45, 7) is 8.02. The standard InChI is InChI=1S/C10H21NO2/c1-4-11-7-9(5-8(2)3)6-10(12)13/h8-9,11H,4-7H2,1-3H3,(H,12,13)/t9-/m0/s1. The van der Waals surface area contributed by atoms with E-state index in [-0.39, 0.29) is 12.3 Å². The van der Waals surface area contributed by atoms with Crippen LogP contribution in [0.2, 0.25) is 0 Å². The van der Waals surface area contributed by atoms with Crippen LogP contribution < -0.4 is 5.32 Å². The average molecular weight is 187 g/mol. The highest BCUT2D eigenvalue weighted by Gasteiger charge is 2.13. The minimum Gasteiger partial charge on any atom is -0.481 e. The summed E-state index contributed by atoms with van der Waals surface area (Å²) in [6, 6.07) is 0. The van der Waals surface area contributed by atoms with Gasteiger partial charge in [0.15, 0.2) is 0 Å². The second-order valence-corrected chi connectivity index (χ2v) is 3.90. The first-order valence-electron chi connectivity index (χ1n) is 4.98. The number of carboxylic acid groups (broad SMARTS) is 1. The SMILES string of the molecule is CCNC[C@H](CC(=O)O)CC(C)C. The third-order valence-electron chi connectivity index (χ3n) is 1.95. The molecule has 0 bridgehead atoms. The number of rotatable bonds is 7. The van der Waals surface area contributed by atoms with Gasteiger partial charge in [-0.3, -0.25) is 4.79 Å². The largest absolute Gasteiger partial charge is 0.481 e. The Balaban J connectivity index is 3.80. The van der Waals surface area contributed by atoms with Gasteiger partial charge in [0.1, 0.15) is 0 Å². The van der Waals surface area contributed by atoms with Crippen molar-refractivity contribution in [3.63, 3.8) is 0 Å². The molecule has 3 heteroatoms. The van der Waals surface area contributed by atoms with Crippen molar-refractivity contribution in [3.8, 4) is 0 Å². The van der Waals surface area contributed by atoms with Crippen LogP contribution in [0.4, 0.5) is 0 Å². The van der Waals surface area contributed by atoms with Crippen molar-refractivity contribution in [2.45, 2.75) is 33.6 Å². The van der Waals surface area contributed by atoms with Crippen molar-refractivity contribution >= 4 is 5.97 Å². The molecule has 0 radical (unpaired) electrons. The molecule has 0 aromatic rings. The normalized spacial score (nSPS) is 13.2. The van der Waals surface area contributed by atoms with Gasteiger partial charge in [0, 0.05) is 6.42 Å². The zero-order valence-electron chi connectivity index (χ0n) is 8.84. The minimum atomic E-state index is -0.691. The van der Waals surface area contributed by atoms with E-state index in [1.54, 1.807) is 0 Å². The van der Waals surface area contributed by atoms with E-state index in [1.165, 1.54) is 0 Å². The van der Waals surface area contributed by atoms with Gasteiger partial charge >= 0.3 is 5.97 Å². The molecule has 0 saturated carbocycles. The Morgan fingerprint density at radius 2 is 2.08 bits per heavy atom. The van der Waals surface area contributed by atoms with Crippen LogP contribution >= 0.6 is 0 Å². The van der Waals surface area contributed by atoms with Crippen molar-refractivity contribution in [3.05, 3.63) is 0 Å². The minimum absolute atomic E-state index is 0.275. The molecule has 0 heterocycles. The van der Waals surface area contributed by atoms with Gasteiger partial charge in [-0.05, 0) is 31.3 Å². The summed E-state index contributed by atoms with van der Waals surface area (Å²) in [7, 11) is 0. The molecule has 13 heavy (non-hydrogen) atoms. The molecule has 0 rings (SSSR count). The number of hydrogen-bond acceptors (Lipinski definition) is 2. The molecule has 0 aliphatic rings. The first-order chi connectivity index (χ1) is 6.06. The monoisotopic (exact) mass is 187 g/mol. The van der Waals surface area contributed by atoms with E-state index in [1.807, 2.05) is 6.92 Å². The van der Waals surface area contributed by atoms with Crippen LogP contribution in [0.1, 0.15) is 33.6 Å². The Morgan fingerprint density at radius 3 is 2.46 bits per heavy atom. The maximum atomic E-state index is 10.5. The summed E-state index contributed by atoms with van der Waals surface area (Å²) >= 11 is 0. The van der Waals surface area contributed by atoms with Gasteiger partial charge in [0.25, 0.3) is 0 Å². The maximum absolute atomic E-state index is 10.5. The van der Waals surface area contributed by atoms with E-state index in [0.717, 1.165) is 19.5 Å². The van der Waals surface area contributed by atoms with Crippen LogP contribution in [-0.2, 0) is 4.79 Å². The Hall–Kier alpha value is -0.570. The van der Waals surface area contributed by atoms with Gasteiger partial charge in [-0.1, -0.05) is 20.8 Å². The number of carbonyl (C=O) groups is 1. The van der Waals surface area contributed by atoms with Crippen molar-refractivity contribution in [1.29, 1.82) is 0 Å². The molecule has 0 aromatic heterocycles. The van der Waals surface area contributed by atoms with E-state index in [0.29, 0.717) is 5.92 Å². The summed E-state index contributed by atoms with van der Waals surface area (Å²) in [6.07, 6.45) is 1.27. The smallest absolute Gasteiger partial charge is 0.303 e. The van der Waals surface area contributed by atoms with E-state index in [4.69, 9.17) is 5.11 Å². The molecule has 0 aromatic carbocycles. The van der Waals surface area contributed by atoms with Crippen LogP contribution in [0.3, 0.4) is 0 Å². The van der Waals surface area contributed by atoms with Crippen LogP contribution in [0.25, 0.3) is 0 Å². The third kappa shape index (κ3) is 7.78. The van der Waals surface area contributed by atoms with Gasteiger partial charge in [0.05, 0.1) is 0 Å². The quantitative estimate of drug-likeness (QED) is 0.638. The first-order valence-corrected chi connectivity index (χ1v) is 4.98. The third-order valence-corrected chi connectivity index (χ3v) is 1.95. The highest BCUT2D eigenvalue weighted by atomic mass is 16.4.